The first-order valence-corrected chi connectivity index (χ1v) is 7.34. The first-order chi connectivity index (χ1) is 11.2. The summed E-state index contributed by atoms with van der Waals surface area (Å²) in [4.78, 5) is 51.9. The number of amides is 3. The summed E-state index contributed by atoms with van der Waals surface area (Å²) in [7, 11) is 0. The molecule has 128 valence electrons. The molecule has 0 saturated carbocycles. The van der Waals surface area contributed by atoms with Crippen LogP contribution in [-0.4, -0.2) is 34.5 Å². The molecular weight excluding hydrogens is 316 g/mol. The van der Waals surface area contributed by atoms with Crippen LogP contribution in [0.25, 0.3) is 0 Å². The lowest BCUT2D eigenvalue weighted by molar-refractivity contribution is -0.172. The lowest BCUT2D eigenvalue weighted by Gasteiger charge is -2.20. The molecule has 1 aliphatic rings. The van der Waals surface area contributed by atoms with Gasteiger partial charge in [-0.3, -0.25) is 14.9 Å². The van der Waals surface area contributed by atoms with Gasteiger partial charge in [-0.05, 0) is 32.9 Å². The number of anilines is 1. The summed E-state index contributed by atoms with van der Waals surface area (Å²) in [6, 6.07) is 6.05. The van der Waals surface area contributed by atoms with Gasteiger partial charge in [0.2, 0.25) is 0 Å². The largest absolute Gasteiger partial charge is 0.444 e. The fraction of sp³-hybridized carbons (Fsp3) is 0.375. The van der Waals surface area contributed by atoms with Gasteiger partial charge < -0.3 is 9.57 Å². The van der Waals surface area contributed by atoms with Crippen molar-refractivity contribution in [1.29, 1.82) is 0 Å². The number of hydrogen-bond donors (Lipinski definition) is 1. The molecule has 1 fully saturated rings. The van der Waals surface area contributed by atoms with Gasteiger partial charge in [-0.25, -0.2) is 9.59 Å². The van der Waals surface area contributed by atoms with Crippen molar-refractivity contribution in [3.05, 3.63) is 29.8 Å². The molecule has 3 amide bonds. The van der Waals surface area contributed by atoms with E-state index in [1.807, 2.05) is 0 Å². The first kappa shape index (κ1) is 17.5. The Morgan fingerprint density at radius 2 is 1.67 bits per heavy atom. The Morgan fingerprint density at radius 3 is 2.25 bits per heavy atom. The summed E-state index contributed by atoms with van der Waals surface area (Å²) < 4.78 is 5.12. The van der Waals surface area contributed by atoms with E-state index in [4.69, 9.17) is 9.57 Å². The van der Waals surface area contributed by atoms with E-state index in [1.54, 1.807) is 32.9 Å². The second-order valence-electron chi connectivity index (χ2n) is 6.13. The van der Waals surface area contributed by atoms with Crippen molar-refractivity contribution in [1.82, 2.24) is 5.06 Å². The average molecular weight is 334 g/mol. The van der Waals surface area contributed by atoms with Gasteiger partial charge in [0.15, 0.2) is 0 Å². The lowest BCUT2D eigenvalue weighted by atomic mass is 10.2. The standard InChI is InChI=1S/C16H18N2O6/c1-16(2,3)23-15(22)17-11-7-5-4-6-10(11)14(21)24-18-12(19)8-9-13(18)20/h4-7H,8-9H2,1-3H3,(H,17,22). The van der Waals surface area contributed by atoms with Crippen molar-refractivity contribution in [3.63, 3.8) is 0 Å². The topological polar surface area (TPSA) is 102 Å². The number of rotatable bonds is 3. The molecule has 8 nitrogen and oxygen atoms in total. The summed E-state index contributed by atoms with van der Waals surface area (Å²) in [5.41, 5.74) is -0.555. The number of carbonyl (C=O) groups is 4. The number of imide groups is 1. The normalized spacial score (nSPS) is 14.5. The number of ether oxygens (including phenoxy) is 1. The van der Waals surface area contributed by atoms with E-state index in [0.717, 1.165) is 0 Å². The highest BCUT2D eigenvalue weighted by Gasteiger charge is 2.33. The minimum Gasteiger partial charge on any atom is -0.444 e. The molecule has 1 saturated heterocycles. The van der Waals surface area contributed by atoms with Crippen molar-refractivity contribution in [2.75, 3.05) is 5.32 Å². The maximum absolute atomic E-state index is 12.2. The summed E-state index contributed by atoms with van der Waals surface area (Å²) in [6.45, 7) is 5.12. The molecule has 0 radical (unpaired) electrons. The van der Waals surface area contributed by atoms with Gasteiger partial charge in [-0.1, -0.05) is 12.1 Å². The molecule has 2 rings (SSSR count). The maximum atomic E-state index is 12.2. The molecule has 0 unspecified atom stereocenters. The van der Waals surface area contributed by atoms with Crippen molar-refractivity contribution >= 4 is 29.6 Å². The highest BCUT2D eigenvalue weighted by atomic mass is 16.7. The summed E-state index contributed by atoms with van der Waals surface area (Å²) in [5, 5.41) is 2.90. The lowest BCUT2D eigenvalue weighted by Crippen LogP contribution is -2.32. The van der Waals surface area contributed by atoms with E-state index in [0.29, 0.717) is 5.06 Å². The van der Waals surface area contributed by atoms with Crippen LogP contribution in [0, 0.1) is 0 Å². The Bertz CT molecular complexity index is 676. The molecule has 0 aromatic heterocycles. The maximum Gasteiger partial charge on any atom is 0.412 e. The molecular formula is C16H18N2O6. The SMILES string of the molecule is CC(C)(C)OC(=O)Nc1ccccc1C(=O)ON1C(=O)CCC1=O. The zero-order chi connectivity index (χ0) is 17.9. The second-order valence-corrected chi connectivity index (χ2v) is 6.13. The van der Waals surface area contributed by atoms with Gasteiger partial charge in [-0.15, -0.1) is 5.06 Å². The van der Waals surface area contributed by atoms with Gasteiger partial charge in [-0.2, -0.15) is 0 Å². The summed E-state index contributed by atoms with van der Waals surface area (Å²) in [5.74, 6) is -2.08. The zero-order valence-electron chi connectivity index (χ0n) is 13.6. The van der Waals surface area contributed by atoms with Crippen molar-refractivity contribution in [2.45, 2.75) is 39.2 Å². The third kappa shape index (κ3) is 4.31. The number of nitrogens with zero attached hydrogens (tertiary/aromatic N) is 1. The molecule has 1 aromatic rings. The molecule has 0 aliphatic carbocycles. The zero-order valence-corrected chi connectivity index (χ0v) is 13.6. The predicted octanol–water partition coefficient (Wildman–Crippen LogP) is 2.25. The molecule has 0 spiro atoms. The Balaban J connectivity index is 2.13. The highest BCUT2D eigenvalue weighted by Crippen LogP contribution is 2.20. The molecule has 1 aliphatic heterocycles. The van der Waals surface area contributed by atoms with E-state index in [-0.39, 0.29) is 24.1 Å². The number of benzene rings is 1. The third-order valence-electron chi connectivity index (χ3n) is 2.96. The molecule has 0 atom stereocenters. The molecule has 8 heteroatoms. The molecule has 0 bridgehead atoms. The highest BCUT2D eigenvalue weighted by molar-refractivity contribution is 6.04. The quantitative estimate of drug-likeness (QED) is 0.851. The van der Waals surface area contributed by atoms with Crippen LogP contribution in [0.1, 0.15) is 44.0 Å². The average Bonchev–Trinajstić information content (AvgIpc) is 2.77. The van der Waals surface area contributed by atoms with E-state index >= 15 is 0 Å². The van der Waals surface area contributed by atoms with Gasteiger partial charge >= 0.3 is 12.1 Å². The van der Waals surface area contributed by atoms with Crippen LogP contribution in [0.4, 0.5) is 10.5 Å². The fourth-order valence-corrected chi connectivity index (χ4v) is 1.97. The molecule has 1 heterocycles. The van der Waals surface area contributed by atoms with Crippen LogP contribution in [-0.2, 0) is 19.2 Å². The number of hydroxylamine groups is 2. The van der Waals surface area contributed by atoms with Gasteiger partial charge in [0.05, 0.1) is 11.3 Å². The minimum absolute atomic E-state index is 0.00383. The van der Waals surface area contributed by atoms with Crippen LogP contribution in [0.15, 0.2) is 24.3 Å². The Hall–Kier alpha value is -2.90. The van der Waals surface area contributed by atoms with E-state index in [1.165, 1.54) is 12.1 Å². The molecule has 1 N–H and O–H groups in total. The second kappa shape index (κ2) is 6.69. The summed E-state index contributed by atoms with van der Waals surface area (Å²) >= 11 is 0. The number of para-hydroxylation sites is 1. The van der Waals surface area contributed by atoms with E-state index in [2.05, 4.69) is 5.32 Å². The Morgan fingerprint density at radius 1 is 1.08 bits per heavy atom. The van der Waals surface area contributed by atoms with E-state index in [9.17, 15) is 19.2 Å². The van der Waals surface area contributed by atoms with Gasteiger partial charge in [0.1, 0.15) is 5.60 Å². The predicted molar refractivity (Wildman–Crippen MR) is 82.8 cm³/mol. The smallest absolute Gasteiger partial charge is 0.412 e. The van der Waals surface area contributed by atoms with Crippen LogP contribution >= 0.6 is 0 Å². The van der Waals surface area contributed by atoms with Crippen molar-refractivity contribution in [2.24, 2.45) is 0 Å². The minimum atomic E-state index is -0.926. The van der Waals surface area contributed by atoms with Crippen LogP contribution in [0.5, 0.6) is 0 Å². The molecule has 1 aromatic carbocycles. The number of hydrogen-bond acceptors (Lipinski definition) is 6. The van der Waals surface area contributed by atoms with Crippen LogP contribution in [0.2, 0.25) is 0 Å². The van der Waals surface area contributed by atoms with E-state index < -0.39 is 29.5 Å². The van der Waals surface area contributed by atoms with Gasteiger partial charge in [0.25, 0.3) is 11.8 Å². The Labute approximate surface area is 138 Å². The Kier molecular flexibility index (Phi) is 4.87. The van der Waals surface area contributed by atoms with Crippen LogP contribution < -0.4 is 5.32 Å². The monoisotopic (exact) mass is 334 g/mol. The van der Waals surface area contributed by atoms with Gasteiger partial charge in [0, 0.05) is 12.8 Å². The fourth-order valence-electron chi connectivity index (χ4n) is 1.97. The third-order valence-corrected chi connectivity index (χ3v) is 2.96. The summed E-state index contributed by atoms with van der Waals surface area (Å²) in [6.07, 6.45) is -0.732. The van der Waals surface area contributed by atoms with Crippen LogP contribution in [0.3, 0.4) is 0 Å². The number of carbonyl (C=O) groups excluding carboxylic acids is 4. The number of nitrogens with one attached hydrogen (secondary N) is 1. The van der Waals surface area contributed by atoms with Crippen molar-refractivity contribution in [3.8, 4) is 0 Å². The molecule has 24 heavy (non-hydrogen) atoms. The first-order valence-electron chi connectivity index (χ1n) is 7.34. The van der Waals surface area contributed by atoms with Crippen molar-refractivity contribution < 1.29 is 28.8 Å².